The number of hydrogen-bond donors (Lipinski definition) is 2. The summed E-state index contributed by atoms with van der Waals surface area (Å²) >= 11 is 0. The van der Waals surface area contributed by atoms with Gasteiger partial charge in [0.05, 0.1) is 5.56 Å². The second-order valence-electron chi connectivity index (χ2n) is 5.30. The highest BCUT2D eigenvalue weighted by atomic mass is 19.4. The number of rotatable bonds is 7. The van der Waals surface area contributed by atoms with Crippen molar-refractivity contribution in [3.8, 4) is 5.75 Å². The molecule has 2 N–H and O–H groups in total. The third kappa shape index (κ3) is 5.49. The zero-order valence-electron chi connectivity index (χ0n) is 13.7. The number of benzene rings is 2. The Morgan fingerprint density at radius 3 is 2.40 bits per heavy atom. The van der Waals surface area contributed by atoms with Crippen molar-refractivity contribution in [3.05, 3.63) is 65.2 Å². The first kappa shape index (κ1) is 18.8. The topological polar surface area (TPSA) is 50.4 Å². The van der Waals surface area contributed by atoms with Gasteiger partial charge in [-0.1, -0.05) is 24.3 Å². The Hall–Kier alpha value is -2.54. The first-order valence-corrected chi connectivity index (χ1v) is 7.72. The molecule has 0 unspecified atom stereocenters. The lowest BCUT2D eigenvalue weighted by atomic mass is 10.1. The molecule has 2 rings (SSSR count). The van der Waals surface area contributed by atoms with E-state index in [1.54, 1.807) is 19.2 Å². The van der Waals surface area contributed by atoms with Crippen LogP contribution in [0.25, 0.3) is 0 Å². The van der Waals surface area contributed by atoms with Crippen LogP contribution >= 0.6 is 0 Å². The third-order valence-electron chi connectivity index (χ3n) is 3.50. The van der Waals surface area contributed by atoms with Gasteiger partial charge in [-0.05, 0) is 29.8 Å². The fourth-order valence-electron chi connectivity index (χ4n) is 2.21. The van der Waals surface area contributed by atoms with Gasteiger partial charge in [0.1, 0.15) is 12.4 Å². The van der Waals surface area contributed by atoms with Crippen molar-refractivity contribution in [1.82, 2.24) is 10.6 Å². The van der Waals surface area contributed by atoms with E-state index in [2.05, 4.69) is 10.6 Å². The van der Waals surface area contributed by atoms with E-state index in [9.17, 15) is 18.0 Å². The van der Waals surface area contributed by atoms with Gasteiger partial charge in [0.25, 0.3) is 5.91 Å². The summed E-state index contributed by atoms with van der Waals surface area (Å²) in [6.45, 7) is 1.03. The highest BCUT2D eigenvalue weighted by Gasteiger charge is 2.33. The number of amides is 1. The van der Waals surface area contributed by atoms with Crippen LogP contribution in [0.2, 0.25) is 0 Å². The monoisotopic (exact) mass is 352 g/mol. The molecule has 1 amide bonds. The van der Waals surface area contributed by atoms with Crippen LogP contribution in [0.1, 0.15) is 21.5 Å². The molecule has 134 valence electrons. The molecule has 25 heavy (non-hydrogen) atoms. The summed E-state index contributed by atoms with van der Waals surface area (Å²) in [5.41, 5.74) is 0.751. The van der Waals surface area contributed by atoms with Crippen LogP contribution in [0, 0.1) is 0 Å². The number of ether oxygens (including phenoxy) is 1. The van der Waals surface area contributed by atoms with Crippen molar-refractivity contribution in [3.63, 3.8) is 0 Å². The Bertz CT molecular complexity index is 700. The Labute approximate surface area is 144 Å². The summed E-state index contributed by atoms with van der Waals surface area (Å²) in [7, 11) is 1.56. The van der Waals surface area contributed by atoms with Crippen LogP contribution < -0.4 is 15.4 Å². The van der Waals surface area contributed by atoms with Gasteiger partial charge >= 0.3 is 6.18 Å². The van der Waals surface area contributed by atoms with Crippen LogP contribution in [0.15, 0.2) is 48.5 Å². The SMILES string of the molecule is CNC(=O)c1ccc(CNCCOc2ccccc2C(F)(F)F)cc1. The van der Waals surface area contributed by atoms with Gasteiger partial charge in [0.2, 0.25) is 0 Å². The highest BCUT2D eigenvalue weighted by molar-refractivity contribution is 5.93. The molecule has 0 atom stereocenters. The Balaban J connectivity index is 1.78. The third-order valence-corrected chi connectivity index (χ3v) is 3.50. The van der Waals surface area contributed by atoms with Crippen LogP contribution in [-0.2, 0) is 12.7 Å². The van der Waals surface area contributed by atoms with Crippen molar-refractivity contribution in [2.75, 3.05) is 20.2 Å². The predicted molar refractivity (Wildman–Crippen MR) is 88.5 cm³/mol. The van der Waals surface area contributed by atoms with E-state index in [1.807, 2.05) is 12.1 Å². The number of halogens is 3. The average molecular weight is 352 g/mol. The molecule has 0 aliphatic rings. The Morgan fingerprint density at radius 1 is 1.08 bits per heavy atom. The minimum atomic E-state index is -4.43. The number of carbonyl (C=O) groups is 1. The van der Waals surface area contributed by atoms with Crippen molar-refractivity contribution in [2.45, 2.75) is 12.7 Å². The van der Waals surface area contributed by atoms with E-state index in [-0.39, 0.29) is 18.3 Å². The first-order valence-electron chi connectivity index (χ1n) is 7.72. The first-order chi connectivity index (χ1) is 11.9. The maximum Gasteiger partial charge on any atom is 0.419 e. The fraction of sp³-hybridized carbons (Fsp3) is 0.278. The van der Waals surface area contributed by atoms with Gasteiger partial charge in [0, 0.05) is 25.7 Å². The van der Waals surface area contributed by atoms with Crippen molar-refractivity contribution in [2.24, 2.45) is 0 Å². The molecule has 0 saturated carbocycles. The highest BCUT2D eigenvalue weighted by Crippen LogP contribution is 2.35. The maximum atomic E-state index is 12.8. The summed E-state index contributed by atoms with van der Waals surface area (Å²) in [5, 5.41) is 5.63. The van der Waals surface area contributed by atoms with E-state index in [4.69, 9.17) is 4.74 Å². The van der Waals surface area contributed by atoms with Gasteiger partial charge in [-0.15, -0.1) is 0 Å². The normalized spacial score (nSPS) is 11.2. The molecule has 0 aliphatic heterocycles. The van der Waals surface area contributed by atoms with Crippen molar-refractivity contribution < 1.29 is 22.7 Å². The Morgan fingerprint density at radius 2 is 1.76 bits per heavy atom. The summed E-state index contributed by atoms with van der Waals surface area (Å²) in [4.78, 5) is 11.4. The maximum absolute atomic E-state index is 12.8. The molecule has 0 fully saturated rings. The quantitative estimate of drug-likeness (QED) is 0.752. The zero-order valence-corrected chi connectivity index (χ0v) is 13.7. The molecule has 0 bridgehead atoms. The zero-order chi connectivity index (χ0) is 18.3. The van der Waals surface area contributed by atoms with E-state index in [0.717, 1.165) is 11.6 Å². The summed E-state index contributed by atoms with van der Waals surface area (Å²) in [5.74, 6) is -0.331. The summed E-state index contributed by atoms with van der Waals surface area (Å²) in [6, 6.07) is 12.2. The van der Waals surface area contributed by atoms with Gasteiger partial charge in [-0.3, -0.25) is 4.79 Å². The molecule has 2 aromatic rings. The minimum absolute atomic E-state index is 0.115. The standard InChI is InChI=1S/C18H19F3N2O2/c1-22-17(24)14-8-6-13(7-9-14)12-23-10-11-25-16-5-3-2-4-15(16)18(19,20)21/h2-9,23H,10-12H2,1H3,(H,22,24). The van der Waals surface area contributed by atoms with Crippen LogP contribution in [-0.4, -0.2) is 26.1 Å². The van der Waals surface area contributed by atoms with E-state index < -0.39 is 11.7 Å². The van der Waals surface area contributed by atoms with Crippen molar-refractivity contribution >= 4 is 5.91 Å². The van der Waals surface area contributed by atoms with E-state index in [0.29, 0.717) is 18.7 Å². The van der Waals surface area contributed by atoms with Gasteiger partial charge in [-0.2, -0.15) is 13.2 Å². The van der Waals surface area contributed by atoms with Gasteiger partial charge in [-0.25, -0.2) is 0 Å². The molecular formula is C18H19F3N2O2. The Kier molecular flexibility index (Phi) is 6.41. The van der Waals surface area contributed by atoms with Crippen molar-refractivity contribution in [1.29, 1.82) is 0 Å². The lowest BCUT2D eigenvalue weighted by Gasteiger charge is -2.14. The predicted octanol–water partition coefficient (Wildman–Crippen LogP) is 3.23. The van der Waals surface area contributed by atoms with E-state index >= 15 is 0 Å². The fourth-order valence-corrected chi connectivity index (χ4v) is 2.21. The molecule has 0 saturated heterocycles. The number of carbonyl (C=O) groups excluding carboxylic acids is 1. The summed E-state index contributed by atoms with van der Waals surface area (Å²) in [6.07, 6.45) is -4.43. The molecule has 2 aromatic carbocycles. The number of hydrogen-bond acceptors (Lipinski definition) is 3. The second-order valence-corrected chi connectivity index (χ2v) is 5.30. The largest absolute Gasteiger partial charge is 0.492 e. The second kappa shape index (κ2) is 8.53. The molecule has 0 aliphatic carbocycles. The lowest BCUT2D eigenvalue weighted by Crippen LogP contribution is -2.21. The molecule has 4 nitrogen and oxygen atoms in total. The minimum Gasteiger partial charge on any atom is -0.492 e. The van der Waals surface area contributed by atoms with Crippen LogP contribution in [0.5, 0.6) is 5.75 Å². The van der Waals surface area contributed by atoms with Gasteiger partial charge in [0.15, 0.2) is 0 Å². The smallest absolute Gasteiger partial charge is 0.419 e. The number of para-hydroxylation sites is 1. The molecule has 0 radical (unpaired) electrons. The van der Waals surface area contributed by atoms with Gasteiger partial charge < -0.3 is 15.4 Å². The molecule has 7 heteroatoms. The summed E-state index contributed by atoms with van der Waals surface area (Å²) < 4.78 is 43.7. The molecular weight excluding hydrogens is 333 g/mol. The van der Waals surface area contributed by atoms with Crippen LogP contribution in [0.4, 0.5) is 13.2 Å². The average Bonchev–Trinajstić information content (AvgIpc) is 2.61. The molecule has 0 heterocycles. The number of alkyl halides is 3. The molecule has 0 aromatic heterocycles. The number of nitrogens with one attached hydrogen (secondary N) is 2. The molecule has 0 spiro atoms. The van der Waals surface area contributed by atoms with Crippen LogP contribution in [0.3, 0.4) is 0 Å². The lowest BCUT2D eigenvalue weighted by molar-refractivity contribution is -0.138. The van der Waals surface area contributed by atoms with E-state index in [1.165, 1.54) is 18.2 Å².